The van der Waals surface area contributed by atoms with Gasteiger partial charge in [-0.2, -0.15) is 0 Å². The molecule has 3 rings (SSSR count). The van der Waals surface area contributed by atoms with Gasteiger partial charge in [-0.05, 0) is 57.2 Å². The molecule has 0 aliphatic rings. The Kier molecular flexibility index (Phi) is 4.16. The summed E-state index contributed by atoms with van der Waals surface area (Å²) in [5.74, 6) is 0.396. The molecule has 0 fully saturated rings. The third kappa shape index (κ3) is 3.68. The van der Waals surface area contributed by atoms with E-state index in [0.29, 0.717) is 5.56 Å². The number of nitrogens with zero attached hydrogens (tertiary/aromatic N) is 2. The minimum absolute atomic E-state index is 0.332. The Morgan fingerprint density at radius 3 is 2.42 bits per heavy atom. The maximum Gasteiger partial charge on any atom is 0.338 e. The molecular weight excluding hydrogens is 302 g/mol. The lowest BCUT2D eigenvalue weighted by Crippen LogP contribution is -2.23. The van der Waals surface area contributed by atoms with Crippen molar-refractivity contribution in [1.29, 1.82) is 0 Å². The largest absolute Gasteiger partial charge is 0.456 e. The minimum Gasteiger partial charge on any atom is -0.456 e. The van der Waals surface area contributed by atoms with Crippen LogP contribution in [0.2, 0.25) is 0 Å². The fourth-order valence-electron chi connectivity index (χ4n) is 2.27. The van der Waals surface area contributed by atoms with E-state index >= 15 is 0 Å². The monoisotopic (exact) mass is 321 g/mol. The number of ether oxygens (including phenoxy) is 1. The molecular formula is C19H19N3O2. The highest BCUT2D eigenvalue weighted by Crippen LogP contribution is 2.23. The molecule has 122 valence electrons. The number of carbonyl (C=O) groups excluding carboxylic acids is 1. The molecule has 0 amide bonds. The van der Waals surface area contributed by atoms with Crippen molar-refractivity contribution in [2.24, 2.45) is 0 Å². The Labute approximate surface area is 140 Å². The first-order valence-corrected chi connectivity index (χ1v) is 7.72. The zero-order chi connectivity index (χ0) is 17.2. The van der Waals surface area contributed by atoms with E-state index in [1.165, 1.54) is 6.33 Å². The summed E-state index contributed by atoms with van der Waals surface area (Å²) in [7, 11) is 0. The summed E-state index contributed by atoms with van der Waals surface area (Å²) >= 11 is 0. The predicted octanol–water partition coefficient (Wildman–Crippen LogP) is 4.33. The summed E-state index contributed by atoms with van der Waals surface area (Å²) in [4.78, 5) is 20.6. The first-order valence-electron chi connectivity index (χ1n) is 7.72. The minimum atomic E-state index is -0.506. The summed E-state index contributed by atoms with van der Waals surface area (Å²) in [5.41, 5.74) is 1.72. The predicted molar refractivity (Wildman–Crippen MR) is 94.4 cm³/mol. The number of para-hydroxylation sites is 1. The van der Waals surface area contributed by atoms with Gasteiger partial charge in [-0.1, -0.05) is 12.1 Å². The molecule has 3 aromatic rings. The molecule has 0 bridgehead atoms. The van der Waals surface area contributed by atoms with Crippen molar-refractivity contribution >= 4 is 28.4 Å². The zero-order valence-corrected chi connectivity index (χ0v) is 13.9. The van der Waals surface area contributed by atoms with E-state index in [-0.39, 0.29) is 5.97 Å². The standard InChI is InChI=1S/C19H19N3O2/c1-19(2,3)24-18(23)13-8-10-14(11-9-13)22-17-15-6-4-5-7-16(15)20-12-21-17/h4-12H,1-3H3,(H,20,21,22). The van der Waals surface area contributed by atoms with E-state index in [1.54, 1.807) is 12.1 Å². The van der Waals surface area contributed by atoms with Crippen LogP contribution in [0.4, 0.5) is 11.5 Å². The number of nitrogens with one attached hydrogen (secondary N) is 1. The van der Waals surface area contributed by atoms with Crippen LogP contribution in [0.15, 0.2) is 54.9 Å². The molecule has 0 unspecified atom stereocenters. The number of esters is 1. The molecule has 1 N–H and O–H groups in total. The second-order valence-electron chi connectivity index (χ2n) is 6.44. The molecule has 0 aliphatic heterocycles. The van der Waals surface area contributed by atoms with Crippen molar-refractivity contribution in [1.82, 2.24) is 9.97 Å². The van der Waals surface area contributed by atoms with Crippen LogP contribution in [0.1, 0.15) is 31.1 Å². The lowest BCUT2D eigenvalue weighted by molar-refractivity contribution is 0.00696. The van der Waals surface area contributed by atoms with E-state index in [1.807, 2.05) is 57.2 Å². The van der Waals surface area contributed by atoms with E-state index in [0.717, 1.165) is 22.4 Å². The Hall–Kier alpha value is -2.95. The van der Waals surface area contributed by atoms with Gasteiger partial charge in [0.15, 0.2) is 0 Å². The molecule has 0 aliphatic carbocycles. The fraction of sp³-hybridized carbons (Fsp3) is 0.211. The Balaban J connectivity index is 1.80. The van der Waals surface area contributed by atoms with Gasteiger partial charge in [0.1, 0.15) is 17.7 Å². The van der Waals surface area contributed by atoms with Gasteiger partial charge in [-0.3, -0.25) is 0 Å². The zero-order valence-electron chi connectivity index (χ0n) is 13.9. The van der Waals surface area contributed by atoms with E-state index in [2.05, 4.69) is 15.3 Å². The van der Waals surface area contributed by atoms with Crippen LogP contribution in [-0.2, 0) is 4.74 Å². The highest BCUT2D eigenvalue weighted by molar-refractivity contribution is 5.92. The first-order chi connectivity index (χ1) is 11.4. The van der Waals surface area contributed by atoms with Crippen LogP contribution >= 0.6 is 0 Å². The molecule has 24 heavy (non-hydrogen) atoms. The van der Waals surface area contributed by atoms with Crippen LogP contribution in [0.5, 0.6) is 0 Å². The summed E-state index contributed by atoms with van der Waals surface area (Å²) in [6, 6.07) is 14.9. The lowest BCUT2D eigenvalue weighted by atomic mass is 10.1. The van der Waals surface area contributed by atoms with Gasteiger partial charge < -0.3 is 10.1 Å². The third-order valence-corrected chi connectivity index (χ3v) is 3.33. The van der Waals surface area contributed by atoms with Crippen molar-refractivity contribution in [2.45, 2.75) is 26.4 Å². The third-order valence-electron chi connectivity index (χ3n) is 3.33. The average molecular weight is 321 g/mol. The number of fused-ring (bicyclic) bond motifs is 1. The topological polar surface area (TPSA) is 64.1 Å². The average Bonchev–Trinajstić information content (AvgIpc) is 2.54. The highest BCUT2D eigenvalue weighted by atomic mass is 16.6. The molecule has 0 atom stereocenters. The number of aromatic nitrogens is 2. The second kappa shape index (κ2) is 6.28. The smallest absolute Gasteiger partial charge is 0.338 e. The summed E-state index contributed by atoms with van der Waals surface area (Å²) in [6.07, 6.45) is 1.53. The maximum atomic E-state index is 12.0. The van der Waals surface area contributed by atoms with Gasteiger partial charge in [-0.15, -0.1) is 0 Å². The van der Waals surface area contributed by atoms with Gasteiger partial charge in [0.2, 0.25) is 0 Å². The van der Waals surface area contributed by atoms with Crippen LogP contribution in [0.25, 0.3) is 10.9 Å². The summed E-state index contributed by atoms with van der Waals surface area (Å²) in [5, 5.41) is 4.20. The van der Waals surface area contributed by atoms with Crippen molar-refractivity contribution in [2.75, 3.05) is 5.32 Å². The van der Waals surface area contributed by atoms with Crippen molar-refractivity contribution in [3.8, 4) is 0 Å². The molecule has 1 heterocycles. The second-order valence-corrected chi connectivity index (χ2v) is 6.44. The number of hydrogen-bond acceptors (Lipinski definition) is 5. The number of rotatable bonds is 3. The molecule has 5 heteroatoms. The van der Waals surface area contributed by atoms with E-state index in [9.17, 15) is 4.79 Å². The lowest BCUT2D eigenvalue weighted by Gasteiger charge is -2.19. The van der Waals surface area contributed by atoms with Gasteiger partial charge in [0, 0.05) is 11.1 Å². The van der Waals surface area contributed by atoms with Crippen LogP contribution in [-0.4, -0.2) is 21.5 Å². The number of hydrogen-bond donors (Lipinski definition) is 1. The number of benzene rings is 2. The number of carbonyl (C=O) groups is 1. The molecule has 2 aromatic carbocycles. The molecule has 0 spiro atoms. The van der Waals surface area contributed by atoms with Crippen LogP contribution < -0.4 is 5.32 Å². The van der Waals surface area contributed by atoms with E-state index in [4.69, 9.17) is 4.74 Å². The Morgan fingerprint density at radius 2 is 1.71 bits per heavy atom. The molecule has 1 aromatic heterocycles. The van der Waals surface area contributed by atoms with Gasteiger partial charge >= 0.3 is 5.97 Å². The van der Waals surface area contributed by atoms with Gasteiger partial charge in [-0.25, -0.2) is 14.8 Å². The molecule has 5 nitrogen and oxygen atoms in total. The summed E-state index contributed by atoms with van der Waals surface area (Å²) in [6.45, 7) is 5.54. The quantitative estimate of drug-likeness (QED) is 0.727. The van der Waals surface area contributed by atoms with Crippen LogP contribution in [0, 0.1) is 0 Å². The highest BCUT2D eigenvalue weighted by Gasteiger charge is 2.17. The van der Waals surface area contributed by atoms with Crippen molar-refractivity contribution < 1.29 is 9.53 Å². The molecule has 0 radical (unpaired) electrons. The maximum absolute atomic E-state index is 12.0. The van der Waals surface area contributed by atoms with Gasteiger partial charge in [0.05, 0.1) is 11.1 Å². The molecule has 0 saturated heterocycles. The Bertz CT molecular complexity index is 862. The Morgan fingerprint density at radius 1 is 1.00 bits per heavy atom. The number of anilines is 2. The molecule has 0 saturated carbocycles. The normalized spacial score (nSPS) is 11.3. The first kappa shape index (κ1) is 15.9. The fourth-order valence-corrected chi connectivity index (χ4v) is 2.27. The van der Waals surface area contributed by atoms with Crippen LogP contribution in [0.3, 0.4) is 0 Å². The van der Waals surface area contributed by atoms with Gasteiger partial charge in [0.25, 0.3) is 0 Å². The van der Waals surface area contributed by atoms with Crippen molar-refractivity contribution in [3.63, 3.8) is 0 Å². The summed E-state index contributed by atoms with van der Waals surface area (Å²) < 4.78 is 5.36. The SMILES string of the molecule is CC(C)(C)OC(=O)c1ccc(Nc2ncnc3ccccc23)cc1. The van der Waals surface area contributed by atoms with E-state index < -0.39 is 5.60 Å². The van der Waals surface area contributed by atoms with Crippen molar-refractivity contribution in [3.05, 3.63) is 60.4 Å².